The molecule has 1 aliphatic heterocycles. The Bertz CT molecular complexity index is 1230. The highest BCUT2D eigenvalue weighted by atomic mass is 79.9. The molecule has 0 aliphatic carbocycles. The second-order valence-electron chi connectivity index (χ2n) is 10.0. The maximum Gasteiger partial charge on any atom is 0.231 e. The standard InChI is InChI=1S/C24H27BrF3N5O2Si/c1-36(2,3)9-8-35-14-33-23(20(25)22(31-33)17-4-6-29-30-13-17)32-7-5-16(24(32)34)10-15-11-18(26)21(28)19(27)12-15/h4,6,11-13,16H,5,7-10,14H2,1-3H3. The maximum atomic E-state index is 13.7. The second-order valence-corrected chi connectivity index (χ2v) is 16.4. The monoisotopic (exact) mass is 581 g/mol. The molecule has 192 valence electrons. The van der Waals surface area contributed by atoms with Gasteiger partial charge in [0.05, 0.1) is 16.9 Å². The average molecular weight is 582 g/mol. The highest BCUT2D eigenvalue weighted by Gasteiger charge is 2.37. The van der Waals surface area contributed by atoms with Crippen LogP contribution in [0.4, 0.5) is 19.0 Å². The van der Waals surface area contributed by atoms with E-state index in [0.717, 1.165) is 23.7 Å². The molecule has 1 aliphatic rings. The first-order chi connectivity index (χ1) is 17.0. The predicted octanol–water partition coefficient (Wildman–Crippen LogP) is 5.43. The molecular weight excluding hydrogens is 555 g/mol. The summed E-state index contributed by atoms with van der Waals surface area (Å²) in [4.78, 5) is 15.0. The lowest BCUT2D eigenvalue weighted by Gasteiger charge is -2.20. The molecule has 1 amide bonds. The lowest BCUT2D eigenvalue weighted by atomic mass is 9.98. The molecule has 3 aromatic rings. The molecule has 1 saturated heterocycles. The molecule has 36 heavy (non-hydrogen) atoms. The van der Waals surface area contributed by atoms with Crippen LogP contribution in [0.1, 0.15) is 12.0 Å². The summed E-state index contributed by atoms with van der Waals surface area (Å²) in [5, 5.41) is 12.4. The van der Waals surface area contributed by atoms with Crippen LogP contribution in [0, 0.1) is 23.4 Å². The number of amides is 1. The van der Waals surface area contributed by atoms with E-state index in [2.05, 4.69) is 50.9 Å². The molecule has 0 radical (unpaired) electrons. The molecule has 4 rings (SSSR count). The van der Waals surface area contributed by atoms with Gasteiger partial charge in [0, 0.05) is 32.7 Å². The molecule has 7 nitrogen and oxygen atoms in total. The van der Waals surface area contributed by atoms with Crippen molar-refractivity contribution in [3.63, 3.8) is 0 Å². The van der Waals surface area contributed by atoms with E-state index in [9.17, 15) is 18.0 Å². The van der Waals surface area contributed by atoms with Gasteiger partial charge in [-0.05, 0) is 58.6 Å². The predicted molar refractivity (Wildman–Crippen MR) is 136 cm³/mol. The number of nitrogens with zero attached hydrogens (tertiary/aromatic N) is 5. The fourth-order valence-electron chi connectivity index (χ4n) is 4.07. The van der Waals surface area contributed by atoms with E-state index in [1.807, 2.05) is 0 Å². The van der Waals surface area contributed by atoms with Gasteiger partial charge in [0.2, 0.25) is 5.91 Å². The number of hydrogen-bond donors (Lipinski definition) is 0. The molecule has 2 aromatic heterocycles. The Morgan fingerprint density at radius 3 is 2.53 bits per heavy atom. The average Bonchev–Trinajstić information content (AvgIpc) is 3.33. The fraction of sp³-hybridized carbons (Fsp3) is 0.417. The molecule has 1 fully saturated rings. The van der Waals surface area contributed by atoms with Gasteiger partial charge in [-0.3, -0.25) is 9.69 Å². The minimum absolute atomic E-state index is 0.100. The van der Waals surface area contributed by atoms with Crippen molar-refractivity contribution >= 4 is 35.7 Å². The molecule has 0 N–H and O–H groups in total. The number of carbonyl (C=O) groups excluding carboxylic acids is 1. The molecule has 1 aromatic carbocycles. The van der Waals surface area contributed by atoms with E-state index in [1.165, 1.54) is 0 Å². The van der Waals surface area contributed by atoms with Crippen LogP contribution < -0.4 is 4.90 Å². The third-order valence-corrected chi connectivity index (χ3v) is 8.47. The van der Waals surface area contributed by atoms with Crippen LogP contribution in [0.3, 0.4) is 0 Å². The number of rotatable bonds is 9. The van der Waals surface area contributed by atoms with E-state index in [4.69, 9.17) is 4.74 Å². The van der Waals surface area contributed by atoms with Crippen molar-refractivity contribution in [2.75, 3.05) is 18.1 Å². The normalized spacial score (nSPS) is 16.2. The number of hydrogen-bond acceptors (Lipinski definition) is 5. The smallest absolute Gasteiger partial charge is 0.231 e. The number of ether oxygens (including phenoxy) is 1. The van der Waals surface area contributed by atoms with Gasteiger partial charge in [0.25, 0.3) is 0 Å². The minimum Gasteiger partial charge on any atom is -0.359 e. The van der Waals surface area contributed by atoms with Crippen LogP contribution >= 0.6 is 15.9 Å². The summed E-state index contributed by atoms with van der Waals surface area (Å²) >= 11 is 3.62. The van der Waals surface area contributed by atoms with Crippen LogP contribution in [0.5, 0.6) is 0 Å². The minimum atomic E-state index is -1.52. The number of halogens is 4. The van der Waals surface area contributed by atoms with Crippen LogP contribution in [-0.4, -0.2) is 47.1 Å². The van der Waals surface area contributed by atoms with Crippen molar-refractivity contribution in [2.24, 2.45) is 5.92 Å². The summed E-state index contributed by atoms with van der Waals surface area (Å²) in [6.45, 7) is 7.92. The molecular formula is C24H27BrF3N5O2Si. The van der Waals surface area contributed by atoms with Crippen LogP contribution in [-0.2, 0) is 22.7 Å². The molecule has 3 heterocycles. The first-order valence-corrected chi connectivity index (χ1v) is 16.1. The summed E-state index contributed by atoms with van der Waals surface area (Å²) in [5.74, 6) is -4.22. The largest absolute Gasteiger partial charge is 0.359 e. The Morgan fingerprint density at radius 1 is 1.17 bits per heavy atom. The number of anilines is 1. The van der Waals surface area contributed by atoms with Crippen molar-refractivity contribution in [3.8, 4) is 11.3 Å². The van der Waals surface area contributed by atoms with Gasteiger partial charge in [-0.1, -0.05) is 19.6 Å². The zero-order valence-electron chi connectivity index (χ0n) is 20.3. The van der Waals surface area contributed by atoms with Gasteiger partial charge >= 0.3 is 0 Å². The molecule has 0 saturated carbocycles. The quantitative estimate of drug-likeness (QED) is 0.191. The SMILES string of the molecule is C[Si](C)(C)CCOCn1nc(-c2ccnnc2)c(Br)c1N1CCC(Cc2cc(F)c(F)c(F)c2)C1=O. The van der Waals surface area contributed by atoms with E-state index < -0.39 is 31.4 Å². The molecule has 0 spiro atoms. The third kappa shape index (κ3) is 5.87. The Labute approximate surface area is 216 Å². The van der Waals surface area contributed by atoms with E-state index >= 15 is 0 Å². The summed E-state index contributed by atoms with van der Waals surface area (Å²) in [6, 6.07) is 4.64. The van der Waals surface area contributed by atoms with Crippen molar-refractivity contribution in [1.29, 1.82) is 0 Å². The number of aromatic nitrogens is 4. The zero-order chi connectivity index (χ0) is 26.0. The maximum absolute atomic E-state index is 13.7. The van der Waals surface area contributed by atoms with Gasteiger partial charge in [0.15, 0.2) is 23.3 Å². The van der Waals surface area contributed by atoms with Crippen LogP contribution in [0.15, 0.2) is 35.1 Å². The summed E-state index contributed by atoms with van der Waals surface area (Å²) in [7, 11) is -1.28. The van der Waals surface area contributed by atoms with E-state index in [0.29, 0.717) is 35.6 Å². The fourth-order valence-corrected chi connectivity index (χ4v) is 5.56. The number of carbonyl (C=O) groups is 1. The van der Waals surface area contributed by atoms with E-state index in [1.54, 1.807) is 28.0 Å². The van der Waals surface area contributed by atoms with Gasteiger partial charge in [-0.2, -0.15) is 15.3 Å². The molecule has 1 unspecified atom stereocenters. The Balaban J connectivity index is 1.59. The summed E-state index contributed by atoms with van der Waals surface area (Å²) in [5.41, 5.74) is 1.55. The van der Waals surface area contributed by atoms with E-state index in [-0.39, 0.29) is 24.6 Å². The Hall–Kier alpha value is -2.57. The van der Waals surface area contributed by atoms with Crippen molar-refractivity contribution in [2.45, 2.75) is 45.3 Å². The summed E-state index contributed by atoms with van der Waals surface area (Å²) in [6.07, 6.45) is 3.71. The number of benzene rings is 1. The third-order valence-electron chi connectivity index (χ3n) is 6.03. The highest BCUT2D eigenvalue weighted by Crippen LogP contribution is 2.39. The van der Waals surface area contributed by atoms with Gasteiger partial charge in [-0.25, -0.2) is 17.9 Å². The first kappa shape index (κ1) is 26.5. The molecule has 1 atom stereocenters. The van der Waals surface area contributed by atoms with Gasteiger partial charge in [-0.15, -0.1) is 0 Å². The Kier molecular flexibility index (Phi) is 7.96. The summed E-state index contributed by atoms with van der Waals surface area (Å²) < 4.78 is 48.9. The lowest BCUT2D eigenvalue weighted by Crippen LogP contribution is -2.30. The van der Waals surface area contributed by atoms with Crippen molar-refractivity contribution in [3.05, 3.63) is 58.1 Å². The highest BCUT2D eigenvalue weighted by molar-refractivity contribution is 9.10. The van der Waals surface area contributed by atoms with Crippen LogP contribution in [0.25, 0.3) is 11.3 Å². The molecule has 12 heteroatoms. The first-order valence-electron chi connectivity index (χ1n) is 11.6. The lowest BCUT2D eigenvalue weighted by molar-refractivity contribution is -0.120. The van der Waals surface area contributed by atoms with Crippen LogP contribution in [0.2, 0.25) is 25.7 Å². The van der Waals surface area contributed by atoms with Crippen molar-refractivity contribution in [1.82, 2.24) is 20.0 Å². The molecule has 0 bridgehead atoms. The second kappa shape index (κ2) is 10.8. The van der Waals surface area contributed by atoms with Crippen molar-refractivity contribution < 1.29 is 22.7 Å². The Morgan fingerprint density at radius 2 is 1.89 bits per heavy atom. The zero-order valence-corrected chi connectivity index (χ0v) is 22.9. The van der Waals surface area contributed by atoms with Gasteiger partial charge in [0.1, 0.15) is 12.4 Å². The topological polar surface area (TPSA) is 73.1 Å². The van der Waals surface area contributed by atoms with Gasteiger partial charge < -0.3 is 4.74 Å².